The molecule has 0 radical (unpaired) electrons. The number of alkyl halides is 3. The second-order valence-corrected chi connectivity index (χ2v) is 7.27. The van der Waals surface area contributed by atoms with Gasteiger partial charge in [0.15, 0.2) is 6.61 Å². The van der Waals surface area contributed by atoms with Gasteiger partial charge in [-0.1, -0.05) is 0 Å². The summed E-state index contributed by atoms with van der Waals surface area (Å²) in [6.07, 6.45) is -4.56. The zero-order valence-corrected chi connectivity index (χ0v) is 14.6. The van der Waals surface area contributed by atoms with Crippen molar-refractivity contribution < 1.29 is 30.5 Å². The van der Waals surface area contributed by atoms with Gasteiger partial charge in [0.25, 0.3) is 10.1 Å². The second kappa shape index (κ2) is 8.20. The number of ether oxygens (including phenoxy) is 1. The van der Waals surface area contributed by atoms with E-state index in [1.807, 2.05) is 12.1 Å². The third-order valence-electron chi connectivity index (χ3n) is 2.45. The minimum Gasteiger partial charge on any atom is -0.495 e. The molecule has 0 bridgehead atoms. The van der Waals surface area contributed by atoms with Gasteiger partial charge in [-0.25, -0.2) is 0 Å². The van der Waals surface area contributed by atoms with Crippen molar-refractivity contribution in [3.63, 3.8) is 0 Å². The lowest BCUT2D eigenvalue weighted by molar-refractivity contribution is -0.152. The molecule has 0 heterocycles. The molecule has 0 unspecified atom stereocenters. The van der Waals surface area contributed by atoms with Crippen LogP contribution in [0, 0.1) is 3.57 Å². The number of hydrogen-bond acceptors (Lipinski definition) is 5. The van der Waals surface area contributed by atoms with Gasteiger partial charge in [0.1, 0.15) is 5.75 Å². The van der Waals surface area contributed by atoms with Gasteiger partial charge in [-0.15, -0.1) is 0 Å². The molecule has 0 amide bonds. The molecule has 0 spiro atoms. The maximum Gasteiger partial charge on any atom is 0.413 e. The highest BCUT2D eigenvalue weighted by molar-refractivity contribution is 14.1. The lowest BCUT2D eigenvalue weighted by atomic mass is 10.3. The van der Waals surface area contributed by atoms with E-state index in [2.05, 4.69) is 32.1 Å². The third kappa shape index (κ3) is 7.49. The van der Waals surface area contributed by atoms with Crippen LogP contribution < -0.4 is 10.1 Å². The minimum absolute atomic E-state index is 0.106. The largest absolute Gasteiger partial charge is 0.495 e. The Labute approximate surface area is 140 Å². The number of methoxy groups -OCH3 is 1. The second-order valence-electron chi connectivity index (χ2n) is 4.26. The quantitative estimate of drug-likeness (QED) is 0.373. The zero-order chi connectivity index (χ0) is 16.8. The summed E-state index contributed by atoms with van der Waals surface area (Å²) >= 11 is 2.11. The van der Waals surface area contributed by atoms with Gasteiger partial charge in [-0.2, -0.15) is 21.6 Å². The molecule has 126 valence electrons. The maximum absolute atomic E-state index is 11.9. The lowest BCUT2D eigenvalue weighted by Gasteiger charge is -2.12. The van der Waals surface area contributed by atoms with Crippen LogP contribution in [0.1, 0.15) is 6.42 Å². The Balaban J connectivity index is 2.43. The minimum atomic E-state index is -4.67. The molecule has 10 heteroatoms. The summed E-state index contributed by atoms with van der Waals surface area (Å²) in [5, 5.41) is 2.98. The van der Waals surface area contributed by atoms with Crippen LogP contribution in [0.25, 0.3) is 0 Å². The van der Waals surface area contributed by atoms with Crippen LogP contribution in [0.2, 0.25) is 0 Å². The first-order valence-corrected chi connectivity index (χ1v) is 8.80. The first kappa shape index (κ1) is 19.3. The van der Waals surface area contributed by atoms with E-state index in [4.69, 9.17) is 4.74 Å². The fourth-order valence-electron chi connectivity index (χ4n) is 1.51. The molecular formula is C12H15F3INO4S. The monoisotopic (exact) mass is 453 g/mol. The summed E-state index contributed by atoms with van der Waals surface area (Å²) < 4.78 is 68.3. The number of nitrogens with one attached hydrogen (secondary N) is 1. The highest BCUT2D eigenvalue weighted by Gasteiger charge is 2.30. The molecule has 1 aromatic carbocycles. The summed E-state index contributed by atoms with van der Waals surface area (Å²) in [6.45, 7) is -1.54. The third-order valence-corrected chi connectivity index (χ3v) is 4.39. The standard InChI is InChI=1S/C12H15F3INO4S/c1-20-11-4-3-9(16)7-10(11)17-5-2-6-22(18,19)21-8-12(13,14)15/h3-4,7,17H,2,5-6,8H2,1H3. The van der Waals surface area contributed by atoms with E-state index in [0.29, 0.717) is 11.4 Å². The van der Waals surface area contributed by atoms with Crippen LogP contribution in [0.5, 0.6) is 5.75 Å². The number of hydrogen-bond donors (Lipinski definition) is 1. The number of rotatable bonds is 8. The summed E-state index contributed by atoms with van der Waals surface area (Å²) in [5.74, 6) is 0.0964. The van der Waals surface area contributed by atoms with Gasteiger partial charge in [0.05, 0.1) is 18.6 Å². The highest BCUT2D eigenvalue weighted by atomic mass is 127. The number of halogens is 4. The molecule has 0 aliphatic rings. The molecule has 22 heavy (non-hydrogen) atoms. The van der Waals surface area contributed by atoms with E-state index in [9.17, 15) is 21.6 Å². The Morgan fingerprint density at radius 3 is 2.59 bits per heavy atom. The van der Waals surface area contributed by atoms with Crippen LogP contribution in [0.15, 0.2) is 18.2 Å². The Bertz CT molecular complexity index is 593. The predicted octanol–water partition coefficient (Wildman–Crippen LogP) is 3.01. The van der Waals surface area contributed by atoms with E-state index < -0.39 is 28.7 Å². The van der Waals surface area contributed by atoms with Crippen molar-refractivity contribution in [3.8, 4) is 5.75 Å². The molecule has 1 N–H and O–H groups in total. The molecule has 0 aliphatic carbocycles. The Hall–Kier alpha value is -0.750. The molecule has 1 rings (SSSR count). The van der Waals surface area contributed by atoms with Crippen molar-refractivity contribution in [2.24, 2.45) is 0 Å². The van der Waals surface area contributed by atoms with E-state index in [1.54, 1.807) is 6.07 Å². The van der Waals surface area contributed by atoms with Crippen molar-refractivity contribution in [2.45, 2.75) is 12.6 Å². The van der Waals surface area contributed by atoms with Crippen LogP contribution in [-0.4, -0.2) is 40.6 Å². The molecular weight excluding hydrogens is 438 g/mol. The number of anilines is 1. The molecule has 0 atom stereocenters. The van der Waals surface area contributed by atoms with Gasteiger partial charge in [0.2, 0.25) is 0 Å². The Morgan fingerprint density at radius 1 is 1.32 bits per heavy atom. The van der Waals surface area contributed by atoms with Gasteiger partial charge >= 0.3 is 6.18 Å². The molecule has 0 saturated carbocycles. The highest BCUT2D eigenvalue weighted by Crippen LogP contribution is 2.26. The summed E-state index contributed by atoms with van der Waals surface area (Å²) in [4.78, 5) is 0. The van der Waals surface area contributed by atoms with Crippen molar-refractivity contribution in [1.82, 2.24) is 0 Å². The fraction of sp³-hybridized carbons (Fsp3) is 0.500. The van der Waals surface area contributed by atoms with Crippen molar-refractivity contribution >= 4 is 38.4 Å². The topological polar surface area (TPSA) is 64.6 Å². The van der Waals surface area contributed by atoms with Gasteiger partial charge in [-0.3, -0.25) is 4.18 Å². The maximum atomic E-state index is 11.9. The molecule has 0 fully saturated rings. The average molecular weight is 453 g/mol. The predicted molar refractivity (Wildman–Crippen MR) is 84.6 cm³/mol. The van der Waals surface area contributed by atoms with Crippen LogP contribution >= 0.6 is 22.6 Å². The lowest BCUT2D eigenvalue weighted by Crippen LogP contribution is -2.22. The average Bonchev–Trinajstić information content (AvgIpc) is 2.41. The first-order chi connectivity index (χ1) is 10.1. The van der Waals surface area contributed by atoms with Crippen LogP contribution in [-0.2, 0) is 14.3 Å². The molecule has 0 aliphatic heterocycles. The molecule has 5 nitrogen and oxygen atoms in total. The summed E-state index contributed by atoms with van der Waals surface area (Å²) in [6, 6.07) is 5.42. The number of benzene rings is 1. The Kier molecular flexibility index (Phi) is 7.19. The first-order valence-electron chi connectivity index (χ1n) is 6.14. The summed E-state index contributed by atoms with van der Waals surface area (Å²) in [7, 11) is -2.68. The van der Waals surface area contributed by atoms with Crippen molar-refractivity contribution in [1.29, 1.82) is 0 Å². The SMILES string of the molecule is COc1ccc(I)cc1NCCCS(=O)(=O)OCC(F)(F)F. The fourth-order valence-corrected chi connectivity index (χ4v) is 2.93. The molecule has 0 aromatic heterocycles. The van der Waals surface area contributed by atoms with E-state index in [1.165, 1.54) is 7.11 Å². The summed E-state index contributed by atoms with van der Waals surface area (Å²) in [5.41, 5.74) is 0.683. The van der Waals surface area contributed by atoms with Gasteiger partial charge in [0, 0.05) is 10.1 Å². The Morgan fingerprint density at radius 2 is 2.00 bits per heavy atom. The van der Waals surface area contributed by atoms with Crippen molar-refractivity contribution in [2.75, 3.05) is 31.3 Å². The van der Waals surface area contributed by atoms with Crippen molar-refractivity contribution in [3.05, 3.63) is 21.8 Å². The molecule has 1 aromatic rings. The normalized spacial score (nSPS) is 12.2. The van der Waals surface area contributed by atoms with E-state index >= 15 is 0 Å². The van der Waals surface area contributed by atoms with E-state index in [-0.39, 0.29) is 13.0 Å². The van der Waals surface area contributed by atoms with Gasteiger partial charge < -0.3 is 10.1 Å². The van der Waals surface area contributed by atoms with E-state index in [0.717, 1.165) is 3.57 Å². The smallest absolute Gasteiger partial charge is 0.413 e. The van der Waals surface area contributed by atoms with Crippen LogP contribution in [0.4, 0.5) is 18.9 Å². The van der Waals surface area contributed by atoms with Crippen LogP contribution in [0.3, 0.4) is 0 Å². The molecule has 0 saturated heterocycles. The zero-order valence-electron chi connectivity index (χ0n) is 11.6. The van der Waals surface area contributed by atoms with Gasteiger partial charge in [-0.05, 0) is 47.2 Å².